The zero-order valence-corrected chi connectivity index (χ0v) is 9.57. The molecule has 0 aliphatic carbocycles. The fourth-order valence-corrected chi connectivity index (χ4v) is 1.64. The Labute approximate surface area is 106 Å². The van der Waals surface area contributed by atoms with Gasteiger partial charge in [-0.25, -0.2) is 0 Å². The molecule has 0 saturated carbocycles. The van der Waals surface area contributed by atoms with E-state index in [-0.39, 0.29) is 11.3 Å². The number of nitrogens with zero attached hydrogens (tertiary/aromatic N) is 1. The number of halogens is 1. The van der Waals surface area contributed by atoms with Crippen LogP contribution in [0.4, 0.5) is 5.69 Å². The summed E-state index contributed by atoms with van der Waals surface area (Å²) in [5.41, 5.74) is -0.125. The number of non-ortho nitro benzene ring substituents is 1. The highest BCUT2D eigenvalue weighted by atomic mass is 35.5. The number of alkyl halides is 1. The first-order chi connectivity index (χ1) is 8.34. The highest BCUT2D eigenvalue weighted by molar-refractivity contribution is 6.31. The minimum atomic E-state index is -1.65. The molecule has 0 bridgehead atoms. The normalized spacial score (nSPS) is 13.6. The second-order valence-corrected chi connectivity index (χ2v) is 3.87. The molecule has 1 rings (SSSR count). The first kappa shape index (κ1) is 13.9. The van der Waals surface area contributed by atoms with E-state index in [2.05, 4.69) is 0 Å². The number of carboxylic acid groups (broad SMARTS) is 2. The number of carbonyl (C=O) groups is 2. The van der Waals surface area contributed by atoms with Crippen LogP contribution >= 0.6 is 11.6 Å². The van der Waals surface area contributed by atoms with Crippen LogP contribution in [0.1, 0.15) is 11.5 Å². The van der Waals surface area contributed by atoms with E-state index in [0.717, 1.165) is 12.1 Å². The third kappa shape index (κ3) is 2.95. The Morgan fingerprint density at radius 1 is 1.17 bits per heavy atom. The molecular weight excluding hydrogens is 266 g/mol. The van der Waals surface area contributed by atoms with E-state index >= 15 is 0 Å². The van der Waals surface area contributed by atoms with E-state index in [9.17, 15) is 19.7 Å². The summed E-state index contributed by atoms with van der Waals surface area (Å²) in [7, 11) is 0. The van der Waals surface area contributed by atoms with Crippen LogP contribution in [-0.2, 0) is 9.59 Å². The van der Waals surface area contributed by atoms with E-state index < -0.39 is 28.2 Å². The lowest BCUT2D eigenvalue weighted by molar-refractivity contribution is -0.384. The van der Waals surface area contributed by atoms with Crippen molar-refractivity contribution in [1.29, 1.82) is 0 Å². The summed E-state index contributed by atoms with van der Waals surface area (Å²) in [6, 6.07) is 4.54. The van der Waals surface area contributed by atoms with Crippen molar-refractivity contribution in [3.05, 3.63) is 39.9 Å². The van der Waals surface area contributed by atoms with Gasteiger partial charge in [0.15, 0.2) is 0 Å². The van der Waals surface area contributed by atoms with Crippen molar-refractivity contribution < 1.29 is 24.7 Å². The first-order valence-corrected chi connectivity index (χ1v) is 5.12. The molecular formula is C10H8ClNO6. The van der Waals surface area contributed by atoms with E-state index in [1.54, 1.807) is 0 Å². The van der Waals surface area contributed by atoms with Gasteiger partial charge in [0.1, 0.15) is 11.3 Å². The lowest BCUT2D eigenvalue weighted by Gasteiger charge is -2.14. The Morgan fingerprint density at radius 3 is 2.00 bits per heavy atom. The molecule has 0 radical (unpaired) electrons. The standard InChI is InChI=1S/C10H8ClNO6/c11-8(10(15)16)7(9(13)14)5-1-3-6(4-2-5)12(17)18/h1-4,7-8H,(H,13,14)(H,15,16)/t7-,8-/m1/s1. The van der Waals surface area contributed by atoms with Crippen molar-refractivity contribution in [3.8, 4) is 0 Å². The summed E-state index contributed by atoms with van der Waals surface area (Å²) >= 11 is 5.50. The third-order valence-electron chi connectivity index (χ3n) is 2.26. The van der Waals surface area contributed by atoms with Gasteiger partial charge in [0.2, 0.25) is 0 Å². The largest absolute Gasteiger partial charge is 0.481 e. The van der Waals surface area contributed by atoms with Crippen LogP contribution in [0.5, 0.6) is 0 Å². The number of hydrogen-bond acceptors (Lipinski definition) is 4. The van der Waals surface area contributed by atoms with Crippen LogP contribution in [0.25, 0.3) is 0 Å². The van der Waals surface area contributed by atoms with E-state index in [0.29, 0.717) is 0 Å². The molecule has 0 aliphatic rings. The number of nitro groups is 1. The molecule has 7 nitrogen and oxygen atoms in total. The van der Waals surface area contributed by atoms with E-state index in [4.69, 9.17) is 21.8 Å². The molecule has 8 heteroatoms. The Balaban J connectivity index is 3.11. The van der Waals surface area contributed by atoms with Crippen molar-refractivity contribution in [2.75, 3.05) is 0 Å². The molecule has 0 fully saturated rings. The van der Waals surface area contributed by atoms with Crippen molar-refractivity contribution >= 4 is 29.2 Å². The van der Waals surface area contributed by atoms with Crippen LogP contribution < -0.4 is 0 Å². The van der Waals surface area contributed by atoms with Gasteiger partial charge < -0.3 is 10.2 Å². The monoisotopic (exact) mass is 273 g/mol. The summed E-state index contributed by atoms with van der Waals surface area (Å²) in [5.74, 6) is -4.35. The Kier molecular flexibility index (Phi) is 4.22. The van der Waals surface area contributed by atoms with Gasteiger partial charge in [-0.15, -0.1) is 11.6 Å². The van der Waals surface area contributed by atoms with Crippen LogP contribution in [0, 0.1) is 10.1 Å². The van der Waals surface area contributed by atoms with Crippen molar-refractivity contribution in [2.45, 2.75) is 11.3 Å². The van der Waals surface area contributed by atoms with Crippen LogP contribution in [0.3, 0.4) is 0 Å². The molecule has 96 valence electrons. The molecule has 1 aromatic rings. The second-order valence-electron chi connectivity index (χ2n) is 3.40. The van der Waals surface area contributed by atoms with Gasteiger partial charge in [-0.05, 0) is 5.56 Å². The maximum absolute atomic E-state index is 11.0. The van der Waals surface area contributed by atoms with Gasteiger partial charge in [0, 0.05) is 12.1 Å². The van der Waals surface area contributed by atoms with Crippen LogP contribution in [-0.4, -0.2) is 32.5 Å². The average Bonchev–Trinajstić information content (AvgIpc) is 2.29. The lowest BCUT2D eigenvalue weighted by Crippen LogP contribution is -2.28. The molecule has 0 aromatic heterocycles. The molecule has 0 unspecified atom stereocenters. The molecule has 2 atom stereocenters. The highest BCUT2D eigenvalue weighted by Crippen LogP contribution is 2.26. The summed E-state index contributed by atoms with van der Waals surface area (Å²) in [6.45, 7) is 0. The first-order valence-electron chi connectivity index (χ1n) is 4.68. The number of rotatable bonds is 5. The van der Waals surface area contributed by atoms with Gasteiger partial charge in [0.05, 0.1) is 4.92 Å². The van der Waals surface area contributed by atoms with E-state index in [1.807, 2.05) is 0 Å². The number of nitro benzene ring substituents is 1. The molecule has 0 saturated heterocycles. The quantitative estimate of drug-likeness (QED) is 0.476. The molecule has 0 amide bonds. The third-order valence-corrected chi connectivity index (χ3v) is 2.70. The highest BCUT2D eigenvalue weighted by Gasteiger charge is 2.33. The molecule has 0 spiro atoms. The second kappa shape index (κ2) is 5.46. The Morgan fingerprint density at radius 2 is 1.67 bits per heavy atom. The summed E-state index contributed by atoms with van der Waals surface area (Å²) in [4.78, 5) is 31.5. The molecule has 0 aliphatic heterocycles. The van der Waals surface area contributed by atoms with Crippen LogP contribution in [0.15, 0.2) is 24.3 Å². The number of benzene rings is 1. The molecule has 1 aromatic carbocycles. The summed E-state index contributed by atoms with van der Waals surface area (Å²) in [6.07, 6.45) is 0. The number of hydrogen-bond donors (Lipinski definition) is 2. The van der Waals surface area contributed by atoms with Gasteiger partial charge in [-0.3, -0.25) is 19.7 Å². The minimum absolute atomic E-state index is 0.0931. The van der Waals surface area contributed by atoms with E-state index in [1.165, 1.54) is 12.1 Å². The van der Waals surface area contributed by atoms with Crippen LogP contribution in [0.2, 0.25) is 0 Å². The molecule has 0 heterocycles. The predicted octanol–water partition coefficient (Wildman–Crippen LogP) is 1.45. The van der Waals surface area contributed by atoms with Crippen molar-refractivity contribution in [2.24, 2.45) is 0 Å². The average molecular weight is 274 g/mol. The van der Waals surface area contributed by atoms with Gasteiger partial charge >= 0.3 is 11.9 Å². The van der Waals surface area contributed by atoms with Gasteiger partial charge in [0.25, 0.3) is 5.69 Å². The summed E-state index contributed by atoms with van der Waals surface area (Å²) in [5, 5.41) is 26.4. The lowest BCUT2D eigenvalue weighted by atomic mass is 9.95. The number of carboxylic acids is 2. The fraction of sp³-hybridized carbons (Fsp3) is 0.200. The van der Waals surface area contributed by atoms with Gasteiger partial charge in [-0.2, -0.15) is 0 Å². The predicted molar refractivity (Wildman–Crippen MR) is 60.8 cm³/mol. The van der Waals surface area contributed by atoms with Gasteiger partial charge in [-0.1, -0.05) is 12.1 Å². The zero-order valence-electron chi connectivity index (χ0n) is 8.82. The minimum Gasteiger partial charge on any atom is -0.481 e. The summed E-state index contributed by atoms with van der Waals surface area (Å²) < 4.78 is 0. The molecule has 2 N–H and O–H groups in total. The van der Waals surface area contributed by atoms with Crippen molar-refractivity contribution in [1.82, 2.24) is 0 Å². The Bertz CT molecular complexity index is 486. The maximum Gasteiger partial charge on any atom is 0.322 e. The zero-order chi connectivity index (χ0) is 13.9. The molecule has 18 heavy (non-hydrogen) atoms. The SMILES string of the molecule is O=C(O)[C@H](c1ccc([N+](=O)[O-])cc1)[C@@H](Cl)C(=O)O. The number of aliphatic carboxylic acids is 2. The Hall–Kier alpha value is -2.15. The smallest absolute Gasteiger partial charge is 0.322 e. The topological polar surface area (TPSA) is 118 Å². The maximum atomic E-state index is 11.0. The fourth-order valence-electron chi connectivity index (χ4n) is 1.38. The van der Waals surface area contributed by atoms with Crippen molar-refractivity contribution in [3.63, 3.8) is 0 Å².